The Hall–Kier alpha value is -1.92. The maximum absolute atomic E-state index is 11.8. The number of nitrogens with zero attached hydrogens (tertiary/aromatic N) is 3. The van der Waals surface area contributed by atoms with Gasteiger partial charge in [0, 0.05) is 13.1 Å². The van der Waals surface area contributed by atoms with Crippen LogP contribution in [0.4, 0.5) is 0 Å². The minimum Gasteiger partial charge on any atom is -0.352 e. The van der Waals surface area contributed by atoms with Gasteiger partial charge >= 0.3 is 0 Å². The number of aryl methyl sites for hydroxylation is 1. The molecule has 0 spiro atoms. The average Bonchev–Trinajstić information content (AvgIpc) is 2.96. The van der Waals surface area contributed by atoms with Gasteiger partial charge in [-0.1, -0.05) is 0 Å². The van der Waals surface area contributed by atoms with Gasteiger partial charge in [-0.3, -0.25) is 14.7 Å². The van der Waals surface area contributed by atoms with Crippen LogP contribution in [0.15, 0.2) is 0 Å². The van der Waals surface area contributed by atoms with Crippen LogP contribution in [0, 0.1) is 6.92 Å². The van der Waals surface area contributed by atoms with E-state index in [9.17, 15) is 9.59 Å². The topological polar surface area (TPSA) is 91.0 Å². The molecule has 1 aliphatic rings. The third-order valence-electron chi connectivity index (χ3n) is 2.46. The second-order valence-corrected chi connectivity index (χ2v) is 4.25. The van der Waals surface area contributed by atoms with Crippen LogP contribution in [0.5, 0.6) is 0 Å². The first-order chi connectivity index (χ1) is 8.06. The minimum atomic E-state index is -0.361. The SMILES string of the molecule is Cc1nc(C(=O)N(C)CC(=O)NC2CC2)n[nH]1. The number of rotatable bonds is 4. The monoisotopic (exact) mass is 237 g/mol. The smallest absolute Gasteiger partial charge is 0.293 e. The molecule has 1 heterocycles. The van der Waals surface area contributed by atoms with Gasteiger partial charge in [-0.25, -0.2) is 4.98 Å². The second kappa shape index (κ2) is 4.52. The number of amides is 2. The molecule has 1 aliphatic carbocycles. The zero-order valence-corrected chi connectivity index (χ0v) is 9.86. The number of hydrogen-bond acceptors (Lipinski definition) is 4. The molecule has 0 aromatic carbocycles. The average molecular weight is 237 g/mol. The van der Waals surface area contributed by atoms with E-state index < -0.39 is 0 Å². The van der Waals surface area contributed by atoms with Crippen molar-refractivity contribution < 1.29 is 9.59 Å². The molecule has 7 nitrogen and oxygen atoms in total. The van der Waals surface area contributed by atoms with E-state index in [1.165, 1.54) is 4.90 Å². The van der Waals surface area contributed by atoms with Crippen LogP contribution in [-0.2, 0) is 4.79 Å². The quantitative estimate of drug-likeness (QED) is 0.736. The first-order valence-corrected chi connectivity index (χ1v) is 5.50. The molecule has 1 aromatic rings. The van der Waals surface area contributed by atoms with Gasteiger partial charge in [-0.15, -0.1) is 5.10 Å². The lowest BCUT2D eigenvalue weighted by molar-refractivity contribution is -0.121. The Bertz CT molecular complexity index is 438. The minimum absolute atomic E-state index is 0.0307. The lowest BCUT2D eigenvalue weighted by Crippen LogP contribution is -2.39. The Morgan fingerprint density at radius 1 is 1.53 bits per heavy atom. The summed E-state index contributed by atoms with van der Waals surface area (Å²) in [5.74, 6) is 0.157. The number of nitrogens with one attached hydrogen (secondary N) is 2. The standard InChI is InChI=1S/C10H15N5O2/c1-6-11-9(14-13-6)10(17)15(2)5-8(16)12-7-3-4-7/h7H,3-5H2,1-2H3,(H,12,16)(H,11,13,14). The van der Waals surface area contributed by atoms with Crippen molar-refractivity contribution in [1.82, 2.24) is 25.4 Å². The molecule has 17 heavy (non-hydrogen) atoms. The summed E-state index contributed by atoms with van der Waals surface area (Å²) in [7, 11) is 1.56. The summed E-state index contributed by atoms with van der Waals surface area (Å²) in [6.07, 6.45) is 2.06. The summed E-state index contributed by atoms with van der Waals surface area (Å²) in [6, 6.07) is 0.303. The van der Waals surface area contributed by atoms with Crippen LogP contribution in [0.2, 0.25) is 0 Å². The van der Waals surface area contributed by atoms with Crippen molar-refractivity contribution in [1.29, 1.82) is 0 Å². The van der Waals surface area contributed by atoms with Crippen molar-refractivity contribution in [3.05, 3.63) is 11.6 Å². The zero-order valence-electron chi connectivity index (χ0n) is 9.86. The third kappa shape index (κ3) is 3.02. The Labute approximate surface area is 98.6 Å². The van der Waals surface area contributed by atoms with Crippen molar-refractivity contribution in [2.45, 2.75) is 25.8 Å². The van der Waals surface area contributed by atoms with Crippen molar-refractivity contribution in [3.8, 4) is 0 Å². The number of aromatic nitrogens is 3. The molecule has 0 saturated heterocycles. The Balaban J connectivity index is 1.88. The fraction of sp³-hybridized carbons (Fsp3) is 0.600. The molecule has 92 valence electrons. The van der Waals surface area contributed by atoms with Crippen LogP contribution in [-0.4, -0.2) is 51.5 Å². The molecular weight excluding hydrogens is 222 g/mol. The van der Waals surface area contributed by atoms with E-state index in [-0.39, 0.29) is 24.2 Å². The molecule has 0 bridgehead atoms. The Kier molecular flexibility index (Phi) is 3.08. The van der Waals surface area contributed by atoms with Crippen molar-refractivity contribution in [2.24, 2.45) is 0 Å². The van der Waals surface area contributed by atoms with Gasteiger partial charge < -0.3 is 10.2 Å². The molecular formula is C10H15N5O2. The highest BCUT2D eigenvalue weighted by molar-refractivity contribution is 5.93. The molecule has 7 heteroatoms. The highest BCUT2D eigenvalue weighted by Gasteiger charge is 2.25. The van der Waals surface area contributed by atoms with Gasteiger partial charge in [0.15, 0.2) is 0 Å². The second-order valence-electron chi connectivity index (χ2n) is 4.25. The van der Waals surface area contributed by atoms with Crippen LogP contribution >= 0.6 is 0 Å². The summed E-state index contributed by atoms with van der Waals surface area (Å²) in [5, 5.41) is 9.16. The summed E-state index contributed by atoms with van der Waals surface area (Å²) < 4.78 is 0. The van der Waals surface area contributed by atoms with E-state index in [0.29, 0.717) is 11.9 Å². The van der Waals surface area contributed by atoms with Gasteiger partial charge in [0.25, 0.3) is 5.91 Å². The number of hydrogen-bond donors (Lipinski definition) is 2. The molecule has 1 saturated carbocycles. The summed E-state index contributed by atoms with van der Waals surface area (Å²) in [6.45, 7) is 1.74. The van der Waals surface area contributed by atoms with Crippen LogP contribution in [0.1, 0.15) is 29.3 Å². The molecule has 1 aromatic heterocycles. The predicted octanol–water partition coefficient (Wildman–Crippen LogP) is -0.536. The van der Waals surface area contributed by atoms with Crippen LogP contribution in [0.3, 0.4) is 0 Å². The van der Waals surface area contributed by atoms with E-state index in [1.54, 1.807) is 14.0 Å². The molecule has 2 N–H and O–H groups in total. The molecule has 2 rings (SSSR count). The van der Waals surface area contributed by atoms with Gasteiger partial charge in [0.2, 0.25) is 11.7 Å². The number of aromatic amines is 1. The number of H-pyrrole nitrogens is 1. The van der Waals surface area contributed by atoms with Crippen LogP contribution < -0.4 is 5.32 Å². The largest absolute Gasteiger partial charge is 0.352 e. The number of carbonyl (C=O) groups excluding carboxylic acids is 2. The van der Waals surface area contributed by atoms with Crippen molar-refractivity contribution in [3.63, 3.8) is 0 Å². The van der Waals surface area contributed by atoms with Gasteiger partial charge in [0.1, 0.15) is 5.82 Å². The first-order valence-electron chi connectivity index (χ1n) is 5.50. The van der Waals surface area contributed by atoms with Gasteiger partial charge in [0.05, 0.1) is 6.54 Å². The lowest BCUT2D eigenvalue weighted by atomic mass is 10.4. The molecule has 0 atom stereocenters. The zero-order chi connectivity index (χ0) is 12.4. The molecule has 2 amide bonds. The van der Waals surface area contributed by atoms with Crippen LogP contribution in [0.25, 0.3) is 0 Å². The van der Waals surface area contributed by atoms with E-state index in [4.69, 9.17) is 0 Å². The van der Waals surface area contributed by atoms with E-state index in [2.05, 4.69) is 20.5 Å². The first kappa shape index (κ1) is 11.6. The van der Waals surface area contributed by atoms with E-state index >= 15 is 0 Å². The summed E-state index contributed by atoms with van der Waals surface area (Å²) in [4.78, 5) is 28.5. The Morgan fingerprint density at radius 2 is 2.24 bits per heavy atom. The van der Waals surface area contributed by atoms with Crippen molar-refractivity contribution >= 4 is 11.8 Å². The maximum Gasteiger partial charge on any atom is 0.293 e. The number of carbonyl (C=O) groups is 2. The van der Waals surface area contributed by atoms with Crippen molar-refractivity contribution in [2.75, 3.05) is 13.6 Å². The Morgan fingerprint density at radius 3 is 2.76 bits per heavy atom. The molecule has 0 radical (unpaired) electrons. The number of likely N-dealkylation sites (N-methyl/N-ethyl adjacent to an activating group) is 1. The third-order valence-corrected chi connectivity index (χ3v) is 2.46. The molecule has 1 fully saturated rings. The lowest BCUT2D eigenvalue weighted by Gasteiger charge is -2.14. The predicted molar refractivity (Wildman–Crippen MR) is 59.2 cm³/mol. The summed E-state index contributed by atoms with van der Waals surface area (Å²) in [5.41, 5.74) is 0. The summed E-state index contributed by atoms with van der Waals surface area (Å²) >= 11 is 0. The van der Waals surface area contributed by atoms with E-state index in [1.807, 2.05) is 0 Å². The van der Waals surface area contributed by atoms with Gasteiger partial charge in [-0.05, 0) is 19.8 Å². The van der Waals surface area contributed by atoms with Gasteiger partial charge in [-0.2, -0.15) is 0 Å². The highest BCUT2D eigenvalue weighted by atomic mass is 16.2. The maximum atomic E-state index is 11.8. The normalized spacial score (nSPS) is 14.5. The fourth-order valence-electron chi connectivity index (χ4n) is 1.40. The molecule has 0 unspecified atom stereocenters. The van der Waals surface area contributed by atoms with E-state index in [0.717, 1.165) is 12.8 Å². The molecule has 0 aliphatic heterocycles. The highest BCUT2D eigenvalue weighted by Crippen LogP contribution is 2.18. The fourth-order valence-corrected chi connectivity index (χ4v) is 1.40.